The molecule has 5 nitrogen and oxygen atoms in total. The number of hydrogen-bond donors (Lipinski definition) is 1. The Morgan fingerprint density at radius 1 is 1.32 bits per heavy atom. The third-order valence-electron chi connectivity index (χ3n) is 3.25. The largest absolute Gasteiger partial charge is 0.493 e. The van der Waals surface area contributed by atoms with Gasteiger partial charge in [-0.1, -0.05) is 12.1 Å². The number of anilines is 1. The summed E-state index contributed by atoms with van der Waals surface area (Å²) in [5.74, 6) is 1.34. The van der Waals surface area contributed by atoms with Crippen LogP contribution < -0.4 is 16.0 Å². The van der Waals surface area contributed by atoms with Gasteiger partial charge in [0, 0.05) is 19.0 Å². The molecule has 1 aromatic carbocycles. The van der Waals surface area contributed by atoms with Crippen LogP contribution in [0.4, 0.5) is 5.82 Å². The van der Waals surface area contributed by atoms with Crippen molar-refractivity contribution in [1.82, 2.24) is 9.78 Å². The maximum absolute atomic E-state index is 11.6. The molecule has 5 heteroatoms. The molecule has 0 atom stereocenters. The number of nitrogens with zero attached hydrogens (tertiary/aromatic N) is 2. The van der Waals surface area contributed by atoms with Crippen LogP contribution in [0.25, 0.3) is 0 Å². The Morgan fingerprint density at radius 3 is 3.11 bits per heavy atom. The van der Waals surface area contributed by atoms with E-state index in [-0.39, 0.29) is 5.56 Å². The molecule has 3 rings (SSSR count). The van der Waals surface area contributed by atoms with Crippen LogP contribution in [-0.4, -0.2) is 16.4 Å². The highest BCUT2D eigenvalue weighted by Crippen LogP contribution is 2.25. The molecule has 19 heavy (non-hydrogen) atoms. The van der Waals surface area contributed by atoms with Gasteiger partial charge >= 0.3 is 0 Å². The van der Waals surface area contributed by atoms with Crippen molar-refractivity contribution in [1.29, 1.82) is 0 Å². The van der Waals surface area contributed by atoms with Gasteiger partial charge in [-0.3, -0.25) is 4.79 Å². The first-order valence-corrected chi connectivity index (χ1v) is 6.30. The monoisotopic (exact) mass is 257 g/mol. The molecular formula is C14H15N3O2. The van der Waals surface area contributed by atoms with Gasteiger partial charge in [0.15, 0.2) is 0 Å². The number of nitrogen functional groups attached to an aromatic ring is 1. The summed E-state index contributed by atoms with van der Waals surface area (Å²) in [6.07, 6.45) is 1.71. The van der Waals surface area contributed by atoms with Gasteiger partial charge in [-0.15, -0.1) is 0 Å². The molecule has 0 aliphatic carbocycles. The van der Waals surface area contributed by atoms with Crippen molar-refractivity contribution in [3.63, 3.8) is 0 Å². The average molecular weight is 257 g/mol. The summed E-state index contributed by atoms with van der Waals surface area (Å²) in [7, 11) is 0. The molecule has 0 radical (unpaired) electrons. The van der Waals surface area contributed by atoms with Gasteiger partial charge in [-0.05, 0) is 29.7 Å². The predicted octanol–water partition coefficient (Wildman–Crippen LogP) is 1.00. The Labute approximate surface area is 110 Å². The Kier molecular flexibility index (Phi) is 2.95. The quantitative estimate of drug-likeness (QED) is 0.890. The van der Waals surface area contributed by atoms with Crippen molar-refractivity contribution in [2.45, 2.75) is 19.4 Å². The molecule has 2 heterocycles. The summed E-state index contributed by atoms with van der Waals surface area (Å²) in [4.78, 5) is 11.6. The second-order valence-corrected chi connectivity index (χ2v) is 4.61. The second kappa shape index (κ2) is 4.76. The van der Waals surface area contributed by atoms with Crippen molar-refractivity contribution in [3.05, 3.63) is 51.8 Å². The Balaban J connectivity index is 1.76. The van der Waals surface area contributed by atoms with Gasteiger partial charge in [0.1, 0.15) is 11.6 Å². The van der Waals surface area contributed by atoms with Crippen molar-refractivity contribution < 1.29 is 4.74 Å². The van der Waals surface area contributed by atoms with Crippen LogP contribution in [0.1, 0.15) is 11.1 Å². The molecule has 98 valence electrons. The average Bonchev–Trinajstić information content (AvgIpc) is 2.87. The van der Waals surface area contributed by atoms with E-state index in [0.717, 1.165) is 25.2 Å². The minimum absolute atomic E-state index is 0.126. The maximum atomic E-state index is 11.6. The Morgan fingerprint density at radius 2 is 2.21 bits per heavy atom. The minimum atomic E-state index is -0.126. The van der Waals surface area contributed by atoms with Gasteiger partial charge in [-0.2, -0.15) is 5.10 Å². The number of rotatable bonds is 3. The summed E-state index contributed by atoms with van der Waals surface area (Å²) < 4.78 is 6.87. The van der Waals surface area contributed by atoms with E-state index < -0.39 is 0 Å². The predicted molar refractivity (Wildman–Crippen MR) is 72.3 cm³/mol. The van der Waals surface area contributed by atoms with Crippen molar-refractivity contribution in [3.8, 4) is 5.75 Å². The maximum Gasteiger partial charge on any atom is 0.266 e. The van der Waals surface area contributed by atoms with E-state index in [2.05, 4.69) is 11.2 Å². The first kappa shape index (κ1) is 11.8. The highest BCUT2D eigenvalue weighted by atomic mass is 16.5. The normalized spacial score (nSPS) is 13.1. The van der Waals surface area contributed by atoms with E-state index in [9.17, 15) is 4.79 Å². The van der Waals surface area contributed by atoms with Crippen molar-refractivity contribution >= 4 is 5.82 Å². The van der Waals surface area contributed by atoms with Gasteiger partial charge in [-0.25, -0.2) is 4.68 Å². The number of benzene rings is 1. The second-order valence-electron chi connectivity index (χ2n) is 4.61. The fourth-order valence-corrected chi connectivity index (χ4v) is 2.26. The van der Waals surface area contributed by atoms with Crippen molar-refractivity contribution in [2.24, 2.45) is 0 Å². The summed E-state index contributed by atoms with van der Waals surface area (Å²) in [6, 6.07) is 9.12. The molecule has 1 aliphatic heterocycles. The molecule has 0 spiro atoms. The smallest absolute Gasteiger partial charge is 0.266 e. The van der Waals surface area contributed by atoms with Crippen LogP contribution in [0.15, 0.2) is 35.1 Å². The number of nitrogens with two attached hydrogens (primary N) is 1. The number of aryl methyl sites for hydroxylation is 2. The van der Waals surface area contributed by atoms with E-state index in [1.54, 1.807) is 0 Å². The van der Waals surface area contributed by atoms with Gasteiger partial charge in [0.2, 0.25) is 0 Å². The summed E-state index contributed by atoms with van der Waals surface area (Å²) >= 11 is 0. The molecule has 0 saturated heterocycles. The number of ether oxygens (including phenoxy) is 1. The molecule has 2 aromatic rings. The highest BCUT2D eigenvalue weighted by Gasteiger charge is 2.11. The van der Waals surface area contributed by atoms with E-state index in [1.165, 1.54) is 27.9 Å². The molecule has 1 aliphatic rings. The van der Waals surface area contributed by atoms with E-state index in [4.69, 9.17) is 10.5 Å². The van der Waals surface area contributed by atoms with Gasteiger partial charge in [0.05, 0.1) is 6.61 Å². The standard InChI is InChI=1S/C14H15N3O2/c15-13-3-4-14(18)17(16-13)7-5-10-1-2-12-11(9-10)6-8-19-12/h1-4,9H,5-8H2,(H2,15,16). The molecule has 0 amide bonds. The molecule has 0 bridgehead atoms. The lowest BCUT2D eigenvalue weighted by Crippen LogP contribution is -2.23. The highest BCUT2D eigenvalue weighted by molar-refractivity contribution is 5.39. The number of aromatic nitrogens is 2. The van der Waals surface area contributed by atoms with Crippen LogP contribution in [-0.2, 0) is 19.4 Å². The molecule has 1 aromatic heterocycles. The SMILES string of the molecule is Nc1ccc(=O)n(CCc2ccc3c(c2)CCO3)n1. The zero-order valence-corrected chi connectivity index (χ0v) is 10.5. The molecule has 0 unspecified atom stereocenters. The summed E-state index contributed by atoms with van der Waals surface area (Å²) in [6.45, 7) is 1.29. The Hall–Kier alpha value is -2.30. The topological polar surface area (TPSA) is 70.1 Å². The number of hydrogen-bond acceptors (Lipinski definition) is 4. The van der Waals surface area contributed by atoms with Crippen LogP contribution in [0.2, 0.25) is 0 Å². The van der Waals surface area contributed by atoms with Gasteiger partial charge < -0.3 is 10.5 Å². The summed E-state index contributed by atoms with van der Waals surface area (Å²) in [5, 5.41) is 4.02. The van der Waals surface area contributed by atoms with Crippen LogP contribution in [0, 0.1) is 0 Å². The van der Waals surface area contributed by atoms with Gasteiger partial charge in [0.25, 0.3) is 5.56 Å². The van der Waals surface area contributed by atoms with E-state index >= 15 is 0 Å². The number of fused-ring (bicyclic) bond motifs is 1. The first-order chi connectivity index (χ1) is 9.22. The van der Waals surface area contributed by atoms with E-state index in [0.29, 0.717) is 12.4 Å². The lowest BCUT2D eigenvalue weighted by molar-refractivity contribution is 0.357. The molecular weight excluding hydrogens is 242 g/mol. The zero-order chi connectivity index (χ0) is 13.2. The van der Waals surface area contributed by atoms with Crippen LogP contribution in [0.5, 0.6) is 5.75 Å². The lowest BCUT2D eigenvalue weighted by Gasteiger charge is -2.06. The molecule has 0 saturated carbocycles. The molecule has 2 N–H and O–H groups in total. The van der Waals surface area contributed by atoms with E-state index in [1.807, 2.05) is 12.1 Å². The fraction of sp³-hybridized carbons (Fsp3) is 0.286. The van der Waals surface area contributed by atoms with Crippen LogP contribution in [0.3, 0.4) is 0 Å². The third-order valence-corrected chi connectivity index (χ3v) is 3.25. The van der Waals surface area contributed by atoms with Crippen LogP contribution >= 0.6 is 0 Å². The fourth-order valence-electron chi connectivity index (χ4n) is 2.26. The zero-order valence-electron chi connectivity index (χ0n) is 10.5. The summed E-state index contributed by atoms with van der Waals surface area (Å²) in [5.41, 5.74) is 7.88. The Bertz CT molecular complexity index is 664. The first-order valence-electron chi connectivity index (χ1n) is 6.30. The van der Waals surface area contributed by atoms with Crippen molar-refractivity contribution in [2.75, 3.05) is 12.3 Å². The lowest BCUT2D eigenvalue weighted by atomic mass is 10.1. The minimum Gasteiger partial charge on any atom is -0.493 e. The molecule has 0 fully saturated rings. The third kappa shape index (κ3) is 2.45.